The van der Waals surface area contributed by atoms with Crippen molar-refractivity contribution in [2.45, 2.75) is 6.61 Å². The zero-order chi connectivity index (χ0) is 22.3. The minimum Gasteiger partial charge on any atom is -0.493 e. The van der Waals surface area contributed by atoms with E-state index < -0.39 is 4.92 Å². The van der Waals surface area contributed by atoms with E-state index in [0.29, 0.717) is 23.8 Å². The Morgan fingerprint density at radius 2 is 1.75 bits per heavy atom. The summed E-state index contributed by atoms with van der Waals surface area (Å²) < 4.78 is 11.5. The van der Waals surface area contributed by atoms with E-state index in [9.17, 15) is 10.1 Å². The molecular weight excluding hydrogens is 406 g/mol. The molecule has 0 saturated carbocycles. The summed E-state index contributed by atoms with van der Waals surface area (Å²) in [6.07, 6.45) is 1.64. The van der Waals surface area contributed by atoms with Crippen molar-refractivity contribution < 1.29 is 14.4 Å². The largest absolute Gasteiger partial charge is 0.493 e. The minimum absolute atomic E-state index is 0.0309. The SMILES string of the molecule is COc1cc(/C=N/Nc2ccc([N+](=O)[O-])cc2)ccc1OCc1cccc2ccccc12. The van der Waals surface area contributed by atoms with Crippen molar-refractivity contribution in [3.05, 3.63) is 106 Å². The number of hydrogen-bond donors (Lipinski definition) is 1. The van der Waals surface area contributed by atoms with Crippen LogP contribution in [0.3, 0.4) is 0 Å². The van der Waals surface area contributed by atoms with E-state index in [1.165, 1.54) is 17.5 Å². The lowest BCUT2D eigenvalue weighted by Crippen LogP contribution is -1.99. The Kier molecular flexibility index (Phi) is 6.27. The molecule has 4 aromatic carbocycles. The van der Waals surface area contributed by atoms with Crippen molar-refractivity contribution in [1.82, 2.24) is 0 Å². The Bertz CT molecular complexity index is 1260. The van der Waals surface area contributed by atoms with Gasteiger partial charge in [0, 0.05) is 12.1 Å². The highest BCUT2D eigenvalue weighted by Gasteiger charge is 2.08. The zero-order valence-electron chi connectivity index (χ0n) is 17.4. The van der Waals surface area contributed by atoms with Gasteiger partial charge in [-0.1, -0.05) is 42.5 Å². The molecule has 0 aliphatic carbocycles. The highest BCUT2D eigenvalue weighted by atomic mass is 16.6. The molecule has 1 N–H and O–H groups in total. The van der Waals surface area contributed by atoms with Crippen molar-refractivity contribution in [2.75, 3.05) is 12.5 Å². The van der Waals surface area contributed by atoms with Crippen LogP contribution in [0.25, 0.3) is 10.8 Å². The summed E-state index contributed by atoms with van der Waals surface area (Å²) in [5, 5.41) is 17.2. The number of hydrazone groups is 1. The molecule has 0 radical (unpaired) electrons. The van der Waals surface area contributed by atoms with E-state index in [1.807, 2.05) is 36.4 Å². The molecule has 7 heteroatoms. The van der Waals surface area contributed by atoms with Crippen LogP contribution in [0.5, 0.6) is 11.5 Å². The van der Waals surface area contributed by atoms with Crippen LogP contribution in [0.4, 0.5) is 11.4 Å². The molecule has 0 fully saturated rings. The second-order valence-corrected chi connectivity index (χ2v) is 7.01. The van der Waals surface area contributed by atoms with Crippen LogP contribution in [0.15, 0.2) is 90.0 Å². The van der Waals surface area contributed by atoms with Crippen molar-refractivity contribution in [1.29, 1.82) is 0 Å². The maximum atomic E-state index is 10.7. The first kappa shape index (κ1) is 20.9. The quantitative estimate of drug-likeness (QED) is 0.219. The van der Waals surface area contributed by atoms with Gasteiger partial charge in [-0.25, -0.2) is 0 Å². The highest BCUT2D eigenvalue weighted by Crippen LogP contribution is 2.29. The van der Waals surface area contributed by atoms with Crippen LogP contribution in [-0.4, -0.2) is 18.2 Å². The molecule has 160 valence electrons. The summed E-state index contributed by atoms with van der Waals surface area (Å²) in [5.41, 5.74) is 5.44. The Morgan fingerprint density at radius 3 is 2.53 bits per heavy atom. The van der Waals surface area contributed by atoms with Crippen molar-refractivity contribution in [3.8, 4) is 11.5 Å². The number of nitro benzene ring substituents is 1. The lowest BCUT2D eigenvalue weighted by molar-refractivity contribution is -0.384. The molecule has 0 amide bonds. The van der Waals surface area contributed by atoms with Crippen LogP contribution in [0.2, 0.25) is 0 Å². The van der Waals surface area contributed by atoms with E-state index in [1.54, 1.807) is 25.5 Å². The third-order valence-electron chi connectivity index (χ3n) is 4.94. The Labute approximate surface area is 185 Å². The van der Waals surface area contributed by atoms with Crippen LogP contribution in [0.1, 0.15) is 11.1 Å². The van der Waals surface area contributed by atoms with E-state index in [-0.39, 0.29) is 5.69 Å². The van der Waals surface area contributed by atoms with E-state index in [4.69, 9.17) is 9.47 Å². The molecule has 32 heavy (non-hydrogen) atoms. The van der Waals surface area contributed by atoms with Gasteiger partial charge in [-0.15, -0.1) is 0 Å². The molecule has 0 spiro atoms. The number of fused-ring (bicyclic) bond motifs is 1. The number of rotatable bonds is 8. The van der Waals surface area contributed by atoms with E-state index in [2.05, 4.69) is 34.8 Å². The van der Waals surface area contributed by atoms with Crippen molar-refractivity contribution in [2.24, 2.45) is 5.10 Å². The van der Waals surface area contributed by atoms with Gasteiger partial charge in [0.1, 0.15) is 6.61 Å². The smallest absolute Gasteiger partial charge is 0.269 e. The van der Waals surface area contributed by atoms with Gasteiger partial charge in [0.2, 0.25) is 0 Å². The number of methoxy groups -OCH3 is 1. The topological polar surface area (TPSA) is 86.0 Å². The maximum Gasteiger partial charge on any atom is 0.269 e. The van der Waals surface area contributed by atoms with Gasteiger partial charge in [0.25, 0.3) is 5.69 Å². The normalized spacial score (nSPS) is 10.9. The summed E-state index contributed by atoms with van der Waals surface area (Å²) >= 11 is 0. The van der Waals surface area contributed by atoms with Gasteiger partial charge in [-0.2, -0.15) is 5.10 Å². The second-order valence-electron chi connectivity index (χ2n) is 7.01. The number of non-ortho nitro benzene ring substituents is 1. The Balaban J connectivity index is 1.43. The summed E-state index contributed by atoms with van der Waals surface area (Å²) in [7, 11) is 1.59. The van der Waals surface area contributed by atoms with Crippen LogP contribution in [0, 0.1) is 10.1 Å². The number of hydrogen-bond acceptors (Lipinski definition) is 6. The minimum atomic E-state index is -0.441. The lowest BCUT2D eigenvalue weighted by Gasteiger charge is -2.12. The fourth-order valence-corrected chi connectivity index (χ4v) is 3.30. The Morgan fingerprint density at radius 1 is 0.969 bits per heavy atom. The van der Waals surface area contributed by atoms with Gasteiger partial charge in [-0.05, 0) is 52.2 Å². The van der Waals surface area contributed by atoms with Gasteiger partial charge >= 0.3 is 0 Å². The monoisotopic (exact) mass is 427 g/mol. The van der Waals surface area contributed by atoms with Gasteiger partial charge < -0.3 is 9.47 Å². The molecular formula is C25H21N3O4. The molecule has 7 nitrogen and oxygen atoms in total. The summed E-state index contributed by atoms with van der Waals surface area (Å²) in [5.74, 6) is 1.24. The average molecular weight is 427 g/mol. The third-order valence-corrected chi connectivity index (χ3v) is 4.94. The maximum absolute atomic E-state index is 10.7. The number of anilines is 1. The standard InChI is InChI=1S/C25H21N3O4/c1-31-25-15-18(16-26-27-21-10-12-22(13-11-21)28(29)30)9-14-24(25)32-17-20-7-4-6-19-5-2-3-8-23(19)20/h2-16,27H,17H2,1H3/b26-16+. The number of ether oxygens (including phenoxy) is 2. The first-order valence-electron chi connectivity index (χ1n) is 9.95. The van der Waals surface area contributed by atoms with Crippen LogP contribution < -0.4 is 14.9 Å². The van der Waals surface area contributed by atoms with Gasteiger partial charge in [0.15, 0.2) is 11.5 Å². The number of benzene rings is 4. The first-order chi connectivity index (χ1) is 15.6. The summed E-state index contributed by atoms with van der Waals surface area (Å²) in [4.78, 5) is 10.3. The number of nitrogens with one attached hydrogen (secondary N) is 1. The average Bonchev–Trinajstić information content (AvgIpc) is 2.83. The lowest BCUT2D eigenvalue weighted by atomic mass is 10.1. The molecule has 4 rings (SSSR count). The predicted octanol–water partition coefficient (Wildman–Crippen LogP) is 5.78. The van der Waals surface area contributed by atoms with Crippen LogP contribution >= 0.6 is 0 Å². The summed E-state index contributed by atoms with van der Waals surface area (Å²) in [6, 6.07) is 26.0. The second kappa shape index (κ2) is 9.61. The molecule has 0 atom stereocenters. The molecule has 4 aromatic rings. The number of nitrogens with zero attached hydrogens (tertiary/aromatic N) is 2. The molecule has 0 unspecified atom stereocenters. The summed E-state index contributed by atoms with van der Waals surface area (Å²) in [6.45, 7) is 0.423. The van der Waals surface area contributed by atoms with Crippen LogP contribution in [-0.2, 0) is 6.61 Å². The van der Waals surface area contributed by atoms with Gasteiger partial charge in [0.05, 0.1) is 23.9 Å². The van der Waals surface area contributed by atoms with Gasteiger partial charge in [-0.3, -0.25) is 15.5 Å². The fourth-order valence-electron chi connectivity index (χ4n) is 3.30. The van der Waals surface area contributed by atoms with E-state index >= 15 is 0 Å². The molecule has 0 aliphatic rings. The molecule has 0 bridgehead atoms. The highest BCUT2D eigenvalue weighted by molar-refractivity contribution is 5.85. The van der Waals surface area contributed by atoms with E-state index in [0.717, 1.165) is 16.5 Å². The van der Waals surface area contributed by atoms with Crippen molar-refractivity contribution in [3.63, 3.8) is 0 Å². The fraction of sp³-hybridized carbons (Fsp3) is 0.0800. The Hall–Kier alpha value is -4.39. The zero-order valence-corrected chi connectivity index (χ0v) is 17.4. The molecule has 0 aliphatic heterocycles. The van der Waals surface area contributed by atoms with Crippen molar-refractivity contribution >= 4 is 28.4 Å². The first-order valence-corrected chi connectivity index (χ1v) is 9.95. The number of nitro groups is 1. The molecule has 0 saturated heterocycles. The third kappa shape index (κ3) is 4.84. The predicted molar refractivity (Wildman–Crippen MR) is 126 cm³/mol. The molecule has 0 aromatic heterocycles. The molecule has 0 heterocycles.